The van der Waals surface area contributed by atoms with E-state index in [-0.39, 0.29) is 5.75 Å². The number of hydrogen-bond donors (Lipinski definition) is 0. The number of ether oxygens (including phenoxy) is 1. The summed E-state index contributed by atoms with van der Waals surface area (Å²) in [4.78, 5) is 0. The van der Waals surface area contributed by atoms with Gasteiger partial charge in [-0.1, -0.05) is 6.92 Å². The zero-order valence-corrected chi connectivity index (χ0v) is 7.38. The van der Waals surface area contributed by atoms with Gasteiger partial charge in [0.05, 0.1) is 18.2 Å². The van der Waals surface area contributed by atoms with Crippen LogP contribution in [0, 0.1) is 17.1 Å². The molecule has 0 fully saturated rings. The molecule has 0 aliphatic rings. The smallest absolute Gasteiger partial charge is 0.166 e. The minimum Gasteiger partial charge on any atom is -0.491 e. The van der Waals surface area contributed by atoms with Crippen molar-refractivity contribution in [1.29, 1.82) is 5.26 Å². The molecule has 68 valence electrons. The van der Waals surface area contributed by atoms with Crippen LogP contribution in [0.1, 0.15) is 18.9 Å². The van der Waals surface area contributed by atoms with Crippen LogP contribution in [0.15, 0.2) is 18.2 Å². The standard InChI is InChI=1S/C10H10FNO/c1-2-5-13-10-4-3-8(7-12)6-9(10)11/h3-4,6H,2,5H2,1H3. The van der Waals surface area contributed by atoms with Gasteiger partial charge in [-0.2, -0.15) is 5.26 Å². The zero-order chi connectivity index (χ0) is 9.68. The second-order valence-corrected chi connectivity index (χ2v) is 2.61. The molecule has 0 atom stereocenters. The second kappa shape index (κ2) is 4.46. The van der Waals surface area contributed by atoms with Crippen molar-refractivity contribution in [2.75, 3.05) is 6.61 Å². The molecule has 13 heavy (non-hydrogen) atoms. The van der Waals surface area contributed by atoms with Gasteiger partial charge < -0.3 is 4.74 Å². The second-order valence-electron chi connectivity index (χ2n) is 2.61. The molecule has 0 aliphatic carbocycles. The summed E-state index contributed by atoms with van der Waals surface area (Å²) in [5, 5.41) is 8.47. The third-order valence-electron chi connectivity index (χ3n) is 1.52. The molecule has 1 aromatic rings. The van der Waals surface area contributed by atoms with Crippen LogP contribution in [0.3, 0.4) is 0 Å². The molecular weight excluding hydrogens is 169 g/mol. The summed E-state index contributed by atoms with van der Waals surface area (Å²) in [6.45, 7) is 2.43. The lowest BCUT2D eigenvalue weighted by atomic mass is 10.2. The van der Waals surface area contributed by atoms with Gasteiger partial charge in [0.1, 0.15) is 0 Å². The van der Waals surface area contributed by atoms with Crippen molar-refractivity contribution in [3.63, 3.8) is 0 Å². The fourth-order valence-corrected chi connectivity index (χ4v) is 0.899. The van der Waals surface area contributed by atoms with Gasteiger partial charge >= 0.3 is 0 Å². The van der Waals surface area contributed by atoms with E-state index in [1.807, 2.05) is 13.0 Å². The van der Waals surface area contributed by atoms with Crippen LogP contribution in [0.25, 0.3) is 0 Å². The van der Waals surface area contributed by atoms with E-state index in [4.69, 9.17) is 10.00 Å². The lowest BCUT2D eigenvalue weighted by Crippen LogP contribution is -1.97. The molecule has 0 unspecified atom stereocenters. The van der Waals surface area contributed by atoms with Crippen molar-refractivity contribution < 1.29 is 9.13 Å². The summed E-state index contributed by atoms with van der Waals surface area (Å²) in [6.07, 6.45) is 0.833. The molecule has 0 spiro atoms. The van der Waals surface area contributed by atoms with Gasteiger partial charge in [0.25, 0.3) is 0 Å². The Morgan fingerprint density at radius 3 is 2.85 bits per heavy atom. The third kappa shape index (κ3) is 2.45. The van der Waals surface area contributed by atoms with Gasteiger partial charge in [-0.15, -0.1) is 0 Å². The van der Waals surface area contributed by atoms with E-state index in [0.29, 0.717) is 12.2 Å². The van der Waals surface area contributed by atoms with Crippen LogP contribution in [0.5, 0.6) is 5.75 Å². The summed E-state index contributed by atoms with van der Waals surface area (Å²) >= 11 is 0. The number of rotatable bonds is 3. The summed E-state index contributed by atoms with van der Waals surface area (Å²) < 4.78 is 18.2. The Morgan fingerprint density at radius 2 is 2.31 bits per heavy atom. The average molecular weight is 179 g/mol. The monoisotopic (exact) mass is 179 g/mol. The van der Waals surface area contributed by atoms with E-state index in [2.05, 4.69) is 0 Å². The normalized spacial score (nSPS) is 9.31. The van der Waals surface area contributed by atoms with E-state index >= 15 is 0 Å². The van der Waals surface area contributed by atoms with E-state index in [1.54, 1.807) is 0 Å². The van der Waals surface area contributed by atoms with Crippen LogP contribution in [-0.4, -0.2) is 6.61 Å². The van der Waals surface area contributed by atoms with Crippen molar-refractivity contribution >= 4 is 0 Å². The number of halogens is 1. The molecule has 0 saturated heterocycles. The maximum atomic E-state index is 13.1. The molecule has 0 radical (unpaired) electrons. The van der Waals surface area contributed by atoms with Gasteiger partial charge in [-0.05, 0) is 24.6 Å². The Bertz CT molecular complexity index is 330. The first kappa shape index (κ1) is 9.53. The Labute approximate surface area is 76.6 Å². The molecule has 1 aromatic carbocycles. The Balaban J connectivity index is 2.81. The first-order valence-corrected chi connectivity index (χ1v) is 4.10. The minimum atomic E-state index is -0.479. The predicted molar refractivity (Wildman–Crippen MR) is 46.9 cm³/mol. The highest BCUT2D eigenvalue weighted by atomic mass is 19.1. The molecule has 0 aromatic heterocycles. The van der Waals surface area contributed by atoms with Gasteiger partial charge in [0.2, 0.25) is 0 Å². The third-order valence-corrected chi connectivity index (χ3v) is 1.52. The van der Waals surface area contributed by atoms with E-state index in [1.165, 1.54) is 18.2 Å². The number of nitriles is 1. The van der Waals surface area contributed by atoms with Crippen LogP contribution in [0.4, 0.5) is 4.39 Å². The number of benzene rings is 1. The van der Waals surface area contributed by atoms with E-state index in [0.717, 1.165) is 6.42 Å². The molecule has 2 nitrogen and oxygen atoms in total. The highest BCUT2D eigenvalue weighted by molar-refractivity contribution is 5.35. The Morgan fingerprint density at radius 1 is 1.54 bits per heavy atom. The highest BCUT2D eigenvalue weighted by Gasteiger charge is 2.03. The summed E-state index contributed by atoms with van der Waals surface area (Å²) in [5.41, 5.74) is 0.307. The van der Waals surface area contributed by atoms with Crippen molar-refractivity contribution in [2.24, 2.45) is 0 Å². The summed E-state index contributed by atoms with van der Waals surface area (Å²) in [5.74, 6) is -0.270. The molecular formula is C10H10FNO. The van der Waals surface area contributed by atoms with Crippen LogP contribution >= 0.6 is 0 Å². The average Bonchev–Trinajstić information content (AvgIpc) is 2.16. The molecule has 0 saturated carbocycles. The predicted octanol–water partition coefficient (Wildman–Crippen LogP) is 2.49. The van der Waals surface area contributed by atoms with Crippen molar-refractivity contribution in [3.8, 4) is 11.8 Å². The Kier molecular flexibility index (Phi) is 3.27. The molecule has 1 rings (SSSR count). The molecule has 3 heteroatoms. The summed E-state index contributed by atoms with van der Waals surface area (Å²) in [7, 11) is 0. The topological polar surface area (TPSA) is 33.0 Å². The van der Waals surface area contributed by atoms with Crippen molar-refractivity contribution in [2.45, 2.75) is 13.3 Å². The summed E-state index contributed by atoms with van der Waals surface area (Å²) in [6, 6.07) is 6.04. The minimum absolute atomic E-state index is 0.209. The lowest BCUT2D eigenvalue weighted by Gasteiger charge is -2.04. The van der Waals surface area contributed by atoms with Gasteiger partial charge in [0.15, 0.2) is 11.6 Å². The van der Waals surface area contributed by atoms with Gasteiger partial charge in [0, 0.05) is 0 Å². The largest absolute Gasteiger partial charge is 0.491 e. The number of nitrogens with zero attached hydrogens (tertiary/aromatic N) is 1. The molecule has 0 bridgehead atoms. The van der Waals surface area contributed by atoms with Crippen molar-refractivity contribution in [3.05, 3.63) is 29.6 Å². The molecule has 0 heterocycles. The molecule has 0 amide bonds. The van der Waals surface area contributed by atoms with Crippen LogP contribution < -0.4 is 4.74 Å². The quantitative estimate of drug-likeness (QED) is 0.714. The molecule has 0 N–H and O–H groups in total. The maximum Gasteiger partial charge on any atom is 0.166 e. The molecule has 0 aliphatic heterocycles. The zero-order valence-electron chi connectivity index (χ0n) is 7.38. The van der Waals surface area contributed by atoms with Gasteiger partial charge in [-0.25, -0.2) is 4.39 Å². The maximum absolute atomic E-state index is 13.1. The fourth-order valence-electron chi connectivity index (χ4n) is 0.899. The fraction of sp³-hybridized carbons (Fsp3) is 0.300. The first-order valence-electron chi connectivity index (χ1n) is 4.10. The van der Waals surface area contributed by atoms with Gasteiger partial charge in [-0.3, -0.25) is 0 Å². The van der Waals surface area contributed by atoms with E-state index in [9.17, 15) is 4.39 Å². The van der Waals surface area contributed by atoms with Crippen LogP contribution in [0.2, 0.25) is 0 Å². The number of hydrogen-bond acceptors (Lipinski definition) is 2. The highest BCUT2D eigenvalue weighted by Crippen LogP contribution is 2.17. The SMILES string of the molecule is CCCOc1ccc(C#N)cc1F. The lowest BCUT2D eigenvalue weighted by molar-refractivity contribution is 0.301. The van der Waals surface area contributed by atoms with Crippen LogP contribution in [-0.2, 0) is 0 Å². The van der Waals surface area contributed by atoms with E-state index < -0.39 is 5.82 Å². The first-order chi connectivity index (χ1) is 6.27. The Hall–Kier alpha value is -1.56. The van der Waals surface area contributed by atoms with Crippen molar-refractivity contribution in [1.82, 2.24) is 0 Å².